The first-order valence-electron chi connectivity index (χ1n) is 11.8. The molecule has 0 spiro atoms. The monoisotopic (exact) mass is 480 g/mol. The van der Waals surface area contributed by atoms with E-state index in [9.17, 15) is 4.79 Å². The van der Waals surface area contributed by atoms with Crippen LogP contribution in [0, 0.1) is 5.92 Å². The fourth-order valence-electron chi connectivity index (χ4n) is 5.15. The molecule has 10 heteroatoms. The zero-order chi connectivity index (χ0) is 23.6. The molecule has 1 amide bonds. The van der Waals surface area contributed by atoms with Crippen molar-refractivity contribution in [2.75, 3.05) is 43.0 Å². The van der Waals surface area contributed by atoms with Crippen LogP contribution in [-0.4, -0.2) is 75.5 Å². The van der Waals surface area contributed by atoms with E-state index < -0.39 is 5.54 Å². The number of piperazine rings is 1. The van der Waals surface area contributed by atoms with Crippen molar-refractivity contribution >= 4 is 34.9 Å². The Kier molecular flexibility index (Phi) is 4.97. The van der Waals surface area contributed by atoms with Gasteiger partial charge >= 0.3 is 0 Å². The molecule has 3 aromatic rings. The summed E-state index contributed by atoms with van der Waals surface area (Å²) in [4.78, 5) is 33.4. The summed E-state index contributed by atoms with van der Waals surface area (Å²) in [5, 5.41) is 4.03. The van der Waals surface area contributed by atoms with Gasteiger partial charge in [-0.05, 0) is 32.4 Å². The topological polar surface area (TPSA) is 81.9 Å². The lowest BCUT2D eigenvalue weighted by Gasteiger charge is -2.44. The number of carbonyl (C=O) groups is 1. The number of aromatic nitrogens is 4. The van der Waals surface area contributed by atoms with E-state index >= 15 is 0 Å². The van der Waals surface area contributed by atoms with Crippen LogP contribution in [0.5, 0.6) is 0 Å². The number of imidazole rings is 1. The summed E-state index contributed by atoms with van der Waals surface area (Å²) >= 11 is 6.47. The number of nitrogens with zero attached hydrogens (tertiary/aromatic N) is 7. The fourth-order valence-corrected chi connectivity index (χ4v) is 5.36. The molecule has 3 aliphatic rings. The molecule has 2 aliphatic heterocycles. The fraction of sp³-hybridized carbons (Fsp3) is 0.500. The Morgan fingerprint density at radius 3 is 2.88 bits per heavy atom. The zero-order valence-corrected chi connectivity index (χ0v) is 20.4. The number of pyridine rings is 1. The van der Waals surface area contributed by atoms with Crippen LogP contribution in [0.3, 0.4) is 0 Å². The molecule has 0 radical (unpaired) electrons. The number of amides is 1. The van der Waals surface area contributed by atoms with Gasteiger partial charge in [-0.15, -0.1) is 0 Å². The summed E-state index contributed by atoms with van der Waals surface area (Å²) in [6.07, 6.45) is 6.67. The Labute approximate surface area is 203 Å². The lowest BCUT2D eigenvalue weighted by atomic mass is 9.93. The first-order chi connectivity index (χ1) is 16.3. The van der Waals surface area contributed by atoms with Gasteiger partial charge in [-0.2, -0.15) is 4.98 Å². The minimum absolute atomic E-state index is 0.107. The molecule has 2 saturated heterocycles. The van der Waals surface area contributed by atoms with Gasteiger partial charge in [0.15, 0.2) is 5.82 Å². The number of rotatable bonds is 5. The Hall–Kier alpha value is -2.91. The molecule has 1 saturated carbocycles. The van der Waals surface area contributed by atoms with E-state index in [1.807, 2.05) is 46.9 Å². The maximum atomic E-state index is 13.4. The zero-order valence-electron chi connectivity index (χ0n) is 19.6. The minimum atomic E-state index is -0.513. The second-order valence-electron chi connectivity index (χ2n) is 10.0. The predicted octanol–water partition coefficient (Wildman–Crippen LogP) is 2.16. The van der Waals surface area contributed by atoms with Gasteiger partial charge < -0.3 is 24.4 Å². The minimum Gasteiger partial charge on any atom is -0.353 e. The first kappa shape index (κ1) is 21.6. The van der Waals surface area contributed by atoms with Crippen molar-refractivity contribution in [3.8, 4) is 0 Å². The quantitative estimate of drug-likeness (QED) is 0.599. The molecular formula is C24H29ClN8O. The number of hydrogen-bond donors (Lipinski definition) is 1. The number of nitrogens with one attached hydrogen (secondary N) is 1. The molecule has 0 bridgehead atoms. The lowest BCUT2D eigenvalue weighted by Crippen LogP contribution is -2.57. The average Bonchev–Trinajstić information content (AvgIpc) is 3.47. The van der Waals surface area contributed by atoms with E-state index in [0.29, 0.717) is 30.2 Å². The third-order valence-corrected chi connectivity index (χ3v) is 7.90. The van der Waals surface area contributed by atoms with Gasteiger partial charge in [-0.3, -0.25) is 4.79 Å². The van der Waals surface area contributed by atoms with Crippen LogP contribution in [-0.2, 0) is 10.3 Å². The van der Waals surface area contributed by atoms with Crippen molar-refractivity contribution < 1.29 is 4.79 Å². The molecule has 6 rings (SSSR count). The van der Waals surface area contributed by atoms with E-state index in [-0.39, 0.29) is 11.8 Å². The van der Waals surface area contributed by atoms with Crippen molar-refractivity contribution in [1.29, 1.82) is 0 Å². The van der Waals surface area contributed by atoms with Gasteiger partial charge in [0.1, 0.15) is 10.7 Å². The summed E-state index contributed by atoms with van der Waals surface area (Å²) in [5.74, 6) is 1.45. The smallest absolute Gasteiger partial charge is 0.229 e. The maximum Gasteiger partial charge on any atom is 0.229 e. The highest BCUT2D eigenvalue weighted by Crippen LogP contribution is 2.37. The van der Waals surface area contributed by atoms with Crippen molar-refractivity contribution in [3.05, 3.63) is 47.5 Å². The molecule has 34 heavy (non-hydrogen) atoms. The van der Waals surface area contributed by atoms with Crippen LogP contribution in [0.4, 0.5) is 11.8 Å². The van der Waals surface area contributed by atoms with Crippen LogP contribution in [0.1, 0.15) is 26.0 Å². The number of hydrogen-bond acceptors (Lipinski definition) is 7. The highest BCUT2D eigenvalue weighted by atomic mass is 35.5. The molecule has 5 heterocycles. The van der Waals surface area contributed by atoms with Gasteiger partial charge in [-0.1, -0.05) is 17.7 Å². The maximum absolute atomic E-state index is 13.4. The second kappa shape index (κ2) is 7.81. The molecular weight excluding hydrogens is 452 g/mol. The van der Waals surface area contributed by atoms with Gasteiger partial charge in [0.25, 0.3) is 0 Å². The molecule has 178 valence electrons. The molecule has 2 unspecified atom stereocenters. The Morgan fingerprint density at radius 2 is 2.06 bits per heavy atom. The van der Waals surface area contributed by atoms with Gasteiger partial charge in [0.2, 0.25) is 11.9 Å². The highest BCUT2D eigenvalue weighted by molar-refractivity contribution is 6.32. The van der Waals surface area contributed by atoms with E-state index in [1.165, 1.54) is 0 Å². The summed E-state index contributed by atoms with van der Waals surface area (Å²) in [6, 6.07) is 6.93. The summed E-state index contributed by atoms with van der Waals surface area (Å²) in [6.45, 7) is 7.14. The third kappa shape index (κ3) is 3.41. The van der Waals surface area contributed by atoms with E-state index in [2.05, 4.69) is 38.9 Å². The van der Waals surface area contributed by atoms with Crippen molar-refractivity contribution in [3.63, 3.8) is 0 Å². The van der Waals surface area contributed by atoms with E-state index in [1.54, 1.807) is 6.20 Å². The van der Waals surface area contributed by atoms with Crippen LogP contribution in [0.15, 0.2) is 36.8 Å². The van der Waals surface area contributed by atoms with Crippen LogP contribution in [0.2, 0.25) is 5.02 Å². The summed E-state index contributed by atoms with van der Waals surface area (Å²) < 4.78 is 2.04. The standard InChI is InChI=1S/C24H29ClN8O/c1-24(2,19-12-27-20-6-4-5-8-33(19)20)30(3)22(34)15-13-31(14-15)21-16(25)11-28-23(29-21)32-9-7-26-17-10-18(17)32/h4-6,8,11-12,15,17-18,26H,7,9-10,13-14H2,1-3H3. The van der Waals surface area contributed by atoms with Gasteiger partial charge in [0.05, 0.1) is 29.5 Å². The number of fused-ring (bicyclic) bond motifs is 2. The number of anilines is 2. The van der Waals surface area contributed by atoms with Crippen molar-refractivity contribution in [2.45, 2.75) is 37.9 Å². The predicted molar refractivity (Wildman–Crippen MR) is 131 cm³/mol. The second-order valence-corrected chi connectivity index (χ2v) is 10.4. The lowest BCUT2D eigenvalue weighted by molar-refractivity contribution is -0.140. The molecule has 9 nitrogen and oxygen atoms in total. The van der Waals surface area contributed by atoms with Crippen LogP contribution < -0.4 is 15.1 Å². The Morgan fingerprint density at radius 1 is 1.24 bits per heavy atom. The molecule has 3 fully saturated rings. The van der Waals surface area contributed by atoms with E-state index in [4.69, 9.17) is 16.6 Å². The van der Waals surface area contributed by atoms with E-state index in [0.717, 1.165) is 42.6 Å². The van der Waals surface area contributed by atoms with Crippen LogP contribution >= 0.6 is 11.6 Å². The summed E-state index contributed by atoms with van der Waals surface area (Å²) in [7, 11) is 1.87. The van der Waals surface area contributed by atoms with Crippen molar-refractivity contribution in [2.24, 2.45) is 5.92 Å². The normalized spacial score (nSPS) is 22.5. The molecule has 1 aliphatic carbocycles. The highest BCUT2D eigenvalue weighted by Gasteiger charge is 2.46. The SMILES string of the molecule is CN(C(=O)C1CN(c2nc(N3CCNC4CC43)ncc2Cl)C1)C(C)(C)c1cnc2ccccn12. The summed E-state index contributed by atoms with van der Waals surface area (Å²) in [5.41, 5.74) is 1.34. The average molecular weight is 481 g/mol. The Bertz CT molecular complexity index is 1250. The molecule has 1 N–H and O–H groups in total. The number of carbonyl (C=O) groups excluding carboxylic acids is 1. The number of halogens is 1. The largest absolute Gasteiger partial charge is 0.353 e. The van der Waals surface area contributed by atoms with Gasteiger partial charge in [-0.25, -0.2) is 9.97 Å². The molecule has 0 aromatic carbocycles. The van der Waals surface area contributed by atoms with Crippen LogP contribution in [0.25, 0.3) is 5.65 Å². The first-order valence-corrected chi connectivity index (χ1v) is 12.2. The third-order valence-electron chi connectivity index (χ3n) is 7.63. The molecule has 2 atom stereocenters. The Balaban J connectivity index is 1.16. The molecule has 3 aromatic heterocycles. The van der Waals surface area contributed by atoms with Gasteiger partial charge in [0, 0.05) is 51.5 Å². The van der Waals surface area contributed by atoms with Crippen molar-refractivity contribution in [1.82, 2.24) is 29.6 Å².